The molecular weight excluding hydrogens is 234 g/mol. The largest absolute Gasteiger partial charge is 0.329 e. The van der Waals surface area contributed by atoms with Gasteiger partial charge in [-0.15, -0.1) is 0 Å². The van der Waals surface area contributed by atoms with E-state index in [-0.39, 0.29) is 5.54 Å². The molecule has 0 amide bonds. The van der Waals surface area contributed by atoms with E-state index < -0.39 is 0 Å². The third-order valence-corrected chi connectivity index (χ3v) is 6.24. The molecule has 1 aliphatic carbocycles. The fourth-order valence-corrected chi connectivity index (χ4v) is 5.01. The van der Waals surface area contributed by atoms with Crippen molar-refractivity contribution < 1.29 is 0 Å². The van der Waals surface area contributed by atoms with Gasteiger partial charge in [0.25, 0.3) is 0 Å². The van der Waals surface area contributed by atoms with Crippen LogP contribution < -0.4 is 5.73 Å². The van der Waals surface area contributed by atoms with Gasteiger partial charge in [0.1, 0.15) is 0 Å². The average Bonchev–Trinajstić information content (AvgIpc) is 2.91. The number of hydrogen-bond acceptors (Lipinski definition) is 3. The van der Waals surface area contributed by atoms with Gasteiger partial charge in [-0.1, -0.05) is 25.7 Å². The second kappa shape index (κ2) is 5.71. The molecule has 0 aromatic rings. The van der Waals surface area contributed by atoms with Gasteiger partial charge in [-0.25, -0.2) is 0 Å². The Labute approximate surface area is 118 Å². The number of fused-ring (bicyclic) bond motifs is 1. The van der Waals surface area contributed by atoms with E-state index in [1.54, 1.807) is 0 Å². The number of hydrogen-bond donors (Lipinski definition) is 1. The Hall–Kier alpha value is -0.120. The molecular formula is C16H31N3. The van der Waals surface area contributed by atoms with Crippen LogP contribution in [0.15, 0.2) is 0 Å². The Balaban J connectivity index is 1.76. The normalized spacial score (nSPS) is 37.7. The lowest BCUT2D eigenvalue weighted by atomic mass is 9.85. The fraction of sp³-hybridized carbons (Fsp3) is 1.00. The lowest BCUT2D eigenvalue weighted by Gasteiger charge is -2.46. The summed E-state index contributed by atoms with van der Waals surface area (Å²) in [6.45, 7) is 3.44. The maximum Gasteiger partial charge on any atom is 0.0498 e. The van der Waals surface area contributed by atoms with Gasteiger partial charge in [-0.05, 0) is 45.7 Å². The quantitative estimate of drug-likeness (QED) is 0.794. The third-order valence-electron chi connectivity index (χ3n) is 6.24. The molecule has 2 aliphatic heterocycles. The standard InChI is InChI=1S/C16H31N3/c1-18(14-7-4-2-3-5-8-14)16(13-17)10-12-19-11-6-9-15(16)19/h14-15H,2-13,17H2,1H3. The summed E-state index contributed by atoms with van der Waals surface area (Å²) in [5, 5.41) is 0. The molecule has 0 radical (unpaired) electrons. The number of rotatable bonds is 3. The zero-order valence-electron chi connectivity index (χ0n) is 12.6. The van der Waals surface area contributed by atoms with Crippen LogP contribution in [0.4, 0.5) is 0 Å². The molecule has 3 rings (SSSR count). The smallest absolute Gasteiger partial charge is 0.0498 e. The molecule has 2 heterocycles. The first-order valence-electron chi connectivity index (χ1n) is 8.45. The predicted octanol–water partition coefficient (Wildman–Crippen LogP) is 2.21. The summed E-state index contributed by atoms with van der Waals surface area (Å²) < 4.78 is 0. The van der Waals surface area contributed by atoms with Gasteiger partial charge in [0, 0.05) is 30.7 Å². The van der Waals surface area contributed by atoms with Crippen LogP contribution in [0, 0.1) is 0 Å². The van der Waals surface area contributed by atoms with Crippen molar-refractivity contribution in [3.63, 3.8) is 0 Å². The molecule has 3 heteroatoms. The second-order valence-corrected chi connectivity index (χ2v) is 7.01. The van der Waals surface area contributed by atoms with Crippen molar-refractivity contribution in [2.45, 2.75) is 75.4 Å². The van der Waals surface area contributed by atoms with Crippen LogP contribution in [0.1, 0.15) is 57.8 Å². The van der Waals surface area contributed by atoms with Gasteiger partial charge < -0.3 is 5.73 Å². The van der Waals surface area contributed by atoms with E-state index in [1.807, 2.05) is 0 Å². The second-order valence-electron chi connectivity index (χ2n) is 7.01. The van der Waals surface area contributed by atoms with Crippen molar-refractivity contribution in [1.82, 2.24) is 9.80 Å². The highest BCUT2D eigenvalue weighted by Crippen LogP contribution is 2.41. The summed E-state index contributed by atoms with van der Waals surface area (Å²) in [5.41, 5.74) is 6.59. The van der Waals surface area contributed by atoms with Crippen molar-refractivity contribution in [1.29, 1.82) is 0 Å². The molecule has 2 N–H and O–H groups in total. The molecule has 3 fully saturated rings. The number of nitrogens with zero attached hydrogens (tertiary/aromatic N) is 2. The molecule has 3 nitrogen and oxygen atoms in total. The minimum atomic E-state index is 0.283. The van der Waals surface area contributed by atoms with Crippen LogP contribution >= 0.6 is 0 Å². The van der Waals surface area contributed by atoms with Crippen LogP contribution in [-0.4, -0.2) is 54.1 Å². The van der Waals surface area contributed by atoms with Crippen molar-refractivity contribution in [2.75, 3.05) is 26.7 Å². The van der Waals surface area contributed by atoms with Gasteiger partial charge in [0.05, 0.1) is 0 Å². The van der Waals surface area contributed by atoms with Crippen molar-refractivity contribution in [3.05, 3.63) is 0 Å². The van der Waals surface area contributed by atoms with E-state index >= 15 is 0 Å². The van der Waals surface area contributed by atoms with Crippen molar-refractivity contribution in [3.8, 4) is 0 Å². The first-order chi connectivity index (χ1) is 9.28. The minimum Gasteiger partial charge on any atom is -0.329 e. The van der Waals surface area contributed by atoms with Crippen molar-refractivity contribution in [2.24, 2.45) is 5.73 Å². The summed E-state index contributed by atoms with van der Waals surface area (Å²) in [5.74, 6) is 0. The predicted molar refractivity (Wildman–Crippen MR) is 80.3 cm³/mol. The molecule has 1 saturated carbocycles. The van der Waals surface area contributed by atoms with Gasteiger partial charge in [0.15, 0.2) is 0 Å². The van der Waals surface area contributed by atoms with Crippen LogP contribution in [0.25, 0.3) is 0 Å². The topological polar surface area (TPSA) is 32.5 Å². The zero-order valence-corrected chi connectivity index (χ0v) is 12.6. The third kappa shape index (κ3) is 2.34. The number of likely N-dealkylation sites (N-methyl/N-ethyl adjacent to an activating group) is 1. The van der Waals surface area contributed by atoms with Gasteiger partial charge in [0.2, 0.25) is 0 Å². The fourth-order valence-electron chi connectivity index (χ4n) is 5.01. The van der Waals surface area contributed by atoms with E-state index in [0.29, 0.717) is 0 Å². The Morgan fingerprint density at radius 1 is 1.05 bits per heavy atom. The van der Waals surface area contributed by atoms with E-state index in [0.717, 1.165) is 18.6 Å². The highest BCUT2D eigenvalue weighted by Gasteiger charge is 2.51. The molecule has 0 bridgehead atoms. The van der Waals surface area contributed by atoms with Crippen LogP contribution in [0.5, 0.6) is 0 Å². The minimum absolute atomic E-state index is 0.283. The highest BCUT2D eigenvalue weighted by molar-refractivity contribution is 5.10. The first kappa shape index (κ1) is 13.8. The molecule has 3 aliphatic rings. The Bertz CT molecular complexity index is 298. The summed E-state index contributed by atoms with van der Waals surface area (Å²) in [6.07, 6.45) is 12.6. The van der Waals surface area contributed by atoms with E-state index in [2.05, 4.69) is 16.8 Å². The first-order valence-corrected chi connectivity index (χ1v) is 8.45. The Morgan fingerprint density at radius 3 is 2.47 bits per heavy atom. The van der Waals surface area contributed by atoms with E-state index in [1.165, 1.54) is 70.9 Å². The van der Waals surface area contributed by atoms with Crippen LogP contribution in [0.3, 0.4) is 0 Å². The van der Waals surface area contributed by atoms with Crippen LogP contribution in [0.2, 0.25) is 0 Å². The summed E-state index contributed by atoms with van der Waals surface area (Å²) in [7, 11) is 2.38. The lowest BCUT2D eigenvalue weighted by Crippen LogP contribution is -2.61. The van der Waals surface area contributed by atoms with E-state index in [4.69, 9.17) is 5.73 Å². The molecule has 0 aromatic heterocycles. The van der Waals surface area contributed by atoms with Gasteiger partial charge >= 0.3 is 0 Å². The van der Waals surface area contributed by atoms with Crippen molar-refractivity contribution >= 4 is 0 Å². The Kier molecular flexibility index (Phi) is 4.16. The van der Waals surface area contributed by atoms with Crippen LogP contribution in [-0.2, 0) is 0 Å². The molecule has 0 spiro atoms. The maximum absolute atomic E-state index is 6.30. The average molecular weight is 265 g/mol. The van der Waals surface area contributed by atoms with Gasteiger partial charge in [-0.3, -0.25) is 9.80 Å². The molecule has 110 valence electrons. The summed E-state index contributed by atoms with van der Waals surface area (Å²) >= 11 is 0. The maximum atomic E-state index is 6.30. The molecule has 2 atom stereocenters. The summed E-state index contributed by atoms with van der Waals surface area (Å²) in [6, 6.07) is 1.53. The molecule has 2 saturated heterocycles. The molecule has 19 heavy (non-hydrogen) atoms. The molecule has 0 aromatic carbocycles. The monoisotopic (exact) mass is 265 g/mol. The Morgan fingerprint density at radius 2 is 1.79 bits per heavy atom. The zero-order chi connectivity index (χ0) is 13.3. The summed E-state index contributed by atoms with van der Waals surface area (Å²) in [4.78, 5) is 5.44. The van der Waals surface area contributed by atoms with Gasteiger partial charge in [-0.2, -0.15) is 0 Å². The lowest BCUT2D eigenvalue weighted by molar-refractivity contribution is 0.0448. The highest BCUT2D eigenvalue weighted by atomic mass is 15.3. The molecule has 2 unspecified atom stereocenters. The number of nitrogens with two attached hydrogens (primary N) is 1. The SMILES string of the molecule is CN(C1CCCCCC1)C1(CN)CCN2CCCC21. The van der Waals surface area contributed by atoms with E-state index in [9.17, 15) is 0 Å².